The van der Waals surface area contributed by atoms with Crippen LogP contribution in [-0.2, 0) is 19.1 Å². The third-order valence-electron chi connectivity index (χ3n) is 6.46. The number of unbranched alkanes of at least 4 members (excludes halogenated alkanes) is 2. The largest absolute Gasteiger partial charge is 0.462 e. The smallest absolute Gasteiger partial charge is 0.311 e. The van der Waals surface area contributed by atoms with E-state index in [1.807, 2.05) is 41.5 Å². The third kappa shape index (κ3) is 13.5. The topological polar surface area (TPSA) is 52.6 Å². The lowest BCUT2D eigenvalue weighted by atomic mass is 9.89. The minimum absolute atomic E-state index is 0.0304. The molecule has 4 heteroatoms. The third-order valence-corrected chi connectivity index (χ3v) is 6.46. The van der Waals surface area contributed by atoms with Crippen LogP contribution in [0.5, 0.6) is 0 Å². The Bertz CT molecular complexity index is 490. The maximum absolute atomic E-state index is 12.0. The zero-order valence-corrected chi connectivity index (χ0v) is 23.6. The van der Waals surface area contributed by atoms with Gasteiger partial charge in [0.2, 0.25) is 0 Å². The van der Waals surface area contributed by atoms with Crippen molar-refractivity contribution in [2.75, 3.05) is 0 Å². The van der Waals surface area contributed by atoms with Gasteiger partial charge in [-0.1, -0.05) is 81.1 Å². The first-order valence-corrected chi connectivity index (χ1v) is 13.1. The summed E-state index contributed by atoms with van der Waals surface area (Å²) in [5, 5.41) is 0. The van der Waals surface area contributed by atoms with E-state index in [2.05, 4.69) is 41.5 Å². The Hall–Kier alpha value is -1.06. The van der Waals surface area contributed by atoms with E-state index in [9.17, 15) is 9.59 Å². The monoisotopic (exact) mass is 456 g/mol. The molecule has 0 aromatic rings. The molecule has 0 bridgehead atoms. The van der Waals surface area contributed by atoms with E-state index in [0.29, 0.717) is 11.8 Å². The summed E-state index contributed by atoms with van der Waals surface area (Å²) in [6.07, 6.45) is 8.47. The van der Waals surface area contributed by atoms with Crippen LogP contribution < -0.4 is 0 Å². The lowest BCUT2D eigenvalue weighted by Gasteiger charge is -2.29. The molecule has 0 unspecified atom stereocenters. The van der Waals surface area contributed by atoms with Crippen molar-refractivity contribution in [3.8, 4) is 0 Å². The Kier molecular flexibility index (Phi) is 17.1. The van der Waals surface area contributed by atoms with Gasteiger partial charge in [0.15, 0.2) is 0 Å². The summed E-state index contributed by atoms with van der Waals surface area (Å²) in [5.41, 5.74) is -0.696. The summed E-state index contributed by atoms with van der Waals surface area (Å²) in [5.74, 6) is 0.651. The SMILES string of the molecule is CCC(C)(C)C(=O)OC(C(C)C)C(C)C.CCCCC(CCCC)OC(=O)C(C)(C)CC. The van der Waals surface area contributed by atoms with Gasteiger partial charge in [0.05, 0.1) is 10.8 Å². The fraction of sp³-hybridized carbons (Fsp3) is 0.929. The Morgan fingerprint density at radius 1 is 0.656 bits per heavy atom. The zero-order valence-electron chi connectivity index (χ0n) is 23.6. The van der Waals surface area contributed by atoms with Crippen molar-refractivity contribution in [3.05, 3.63) is 0 Å². The first-order chi connectivity index (χ1) is 14.7. The minimum atomic E-state index is -0.359. The summed E-state index contributed by atoms with van der Waals surface area (Å²) >= 11 is 0. The number of carbonyl (C=O) groups is 2. The van der Waals surface area contributed by atoms with Crippen LogP contribution in [0.3, 0.4) is 0 Å². The van der Waals surface area contributed by atoms with Gasteiger partial charge in [0.1, 0.15) is 12.2 Å². The maximum atomic E-state index is 12.0. The van der Waals surface area contributed by atoms with E-state index in [1.54, 1.807) is 0 Å². The van der Waals surface area contributed by atoms with Crippen molar-refractivity contribution in [2.24, 2.45) is 22.7 Å². The van der Waals surface area contributed by atoms with Gasteiger partial charge in [0.25, 0.3) is 0 Å². The molecule has 0 saturated heterocycles. The van der Waals surface area contributed by atoms with Gasteiger partial charge in [-0.3, -0.25) is 9.59 Å². The summed E-state index contributed by atoms with van der Waals surface area (Å²) in [7, 11) is 0. The first kappa shape index (κ1) is 33.1. The van der Waals surface area contributed by atoms with Gasteiger partial charge in [0, 0.05) is 0 Å². The Labute approximate surface area is 200 Å². The van der Waals surface area contributed by atoms with Gasteiger partial charge < -0.3 is 9.47 Å². The van der Waals surface area contributed by atoms with E-state index < -0.39 is 0 Å². The van der Waals surface area contributed by atoms with Crippen molar-refractivity contribution >= 4 is 11.9 Å². The van der Waals surface area contributed by atoms with E-state index in [1.165, 1.54) is 0 Å². The maximum Gasteiger partial charge on any atom is 0.311 e. The van der Waals surface area contributed by atoms with Crippen molar-refractivity contribution in [2.45, 2.75) is 147 Å². The first-order valence-electron chi connectivity index (χ1n) is 13.1. The molecule has 0 atom stereocenters. The minimum Gasteiger partial charge on any atom is -0.462 e. The van der Waals surface area contributed by atoms with Crippen LogP contribution in [0.15, 0.2) is 0 Å². The fourth-order valence-corrected chi connectivity index (χ4v) is 3.05. The molecule has 0 saturated carbocycles. The summed E-state index contributed by atoms with van der Waals surface area (Å²) in [4.78, 5) is 23.9. The molecule has 0 aliphatic carbocycles. The quantitative estimate of drug-likeness (QED) is 0.246. The molecule has 32 heavy (non-hydrogen) atoms. The highest BCUT2D eigenvalue weighted by Gasteiger charge is 2.31. The molecular weight excluding hydrogens is 400 g/mol. The highest BCUT2D eigenvalue weighted by Crippen LogP contribution is 2.26. The van der Waals surface area contributed by atoms with Crippen LogP contribution in [0.1, 0.15) is 134 Å². The van der Waals surface area contributed by atoms with E-state index >= 15 is 0 Å². The fourth-order valence-electron chi connectivity index (χ4n) is 3.05. The second-order valence-corrected chi connectivity index (χ2v) is 11.1. The van der Waals surface area contributed by atoms with Crippen molar-refractivity contribution in [1.82, 2.24) is 0 Å². The van der Waals surface area contributed by atoms with Crippen molar-refractivity contribution in [1.29, 1.82) is 0 Å². The van der Waals surface area contributed by atoms with Gasteiger partial charge in [-0.2, -0.15) is 0 Å². The molecule has 192 valence electrons. The van der Waals surface area contributed by atoms with Crippen LogP contribution in [0.4, 0.5) is 0 Å². The Morgan fingerprint density at radius 2 is 1.00 bits per heavy atom. The second-order valence-electron chi connectivity index (χ2n) is 11.1. The van der Waals surface area contributed by atoms with E-state index in [-0.39, 0.29) is 35.0 Å². The molecule has 0 radical (unpaired) electrons. The summed E-state index contributed by atoms with van der Waals surface area (Å²) in [6.45, 7) is 24.6. The molecule has 0 spiro atoms. The number of ether oxygens (including phenoxy) is 2. The van der Waals surface area contributed by atoms with Crippen LogP contribution in [-0.4, -0.2) is 24.1 Å². The summed E-state index contributed by atoms with van der Waals surface area (Å²) < 4.78 is 11.3. The van der Waals surface area contributed by atoms with Crippen LogP contribution in [0, 0.1) is 22.7 Å². The Balaban J connectivity index is 0. The molecule has 4 nitrogen and oxygen atoms in total. The van der Waals surface area contributed by atoms with Crippen LogP contribution in [0.2, 0.25) is 0 Å². The average molecular weight is 457 g/mol. The van der Waals surface area contributed by atoms with Crippen molar-refractivity contribution < 1.29 is 19.1 Å². The highest BCUT2D eigenvalue weighted by molar-refractivity contribution is 5.76. The second kappa shape index (κ2) is 16.5. The number of esters is 2. The van der Waals surface area contributed by atoms with E-state index in [4.69, 9.17) is 9.47 Å². The molecule has 0 fully saturated rings. The predicted molar refractivity (Wildman–Crippen MR) is 137 cm³/mol. The molecule has 0 aromatic carbocycles. The van der Waals surface area contributed by atoms with E-state index in [0.717, 1.165) is 51.4 Å². The molecule has 0 aliphatic rings. The standard InChI is InChI=1S/C15H30O2.C13H26O2/c1-6-9-11-13(12-10-7-2)17-14(16)15(4,5)8-3;1-8-13(6,7)12(14)15-11(9(2)3)10(4)5/h13H,6-12H2,1-5H3;9-11H,8H2,1-7H3. The van der Waals surface area contributed by atoms with Gasteiger partial charge in [-0.05, 0) is 65.2 Å². The van der Waals surface area contributed by atoms with Crippen LogP contribution >= 0.6 is 0 Å². The summed E-state index contributed by atoms with van der Waals surface area (Å²) in [6, 6.07) is 0. The molecule has 0 heterocycles. The average Bonchev–Trinajstić information content (AvgIpc) is 2.73. The van der Waals surface area contributed by atoms with Gasteiger partial charge in [-0.25, -0.2) is 0 Å². The highest BCUT2D eigenvalue weighted by atomic mass is 16.5. The number of hydrogen-bond donors (Lipinski definition) is 0. The molecule has 0 rings (SSSR count). The normalized spacial score (nSPS) is 12.2. The molecular formula is C28H56O4. The lowest BCUT2D eigenvalue weighted by Crippen LogP contribution is -2.35. The Morgan fingerprint density at radius 3 is 1.28 bits per heavy atom. The van der Waals surface area contributed by atoms with Gasteiger partial charge in [-0.15, -0.1) is 0 Å². The number of hydrogen-bond acceptors (Lipinski definition) is 4. The zero-order chi connectivity index (χ0) is 25.5. The predicted octanol–water partition coefficient (Wildman–Crippen LogP) is 8.36. The lowest BCUT2D eigenvalue weighted by molar-refractivity contribution is -0.165. The molecule has 0 N–H and O–H groups in total. The molecule has 0 aromatic heterocycles. The molecule has 0 amide bonds. The van der Waals surface area contributed by atoms with Crippen LogP contribution in [0.25, 0.3) is 0 Å². The van der Waals surface area contributed by atoms with Gasteiger partial charge >= 0.3 is 11.9 Å². The van der Waals surface area contributed by atoms with Crippen molar-refractivity contribution in [3.63, 3.8) is 0 Å². The molecule has 0 aliphatic heterocycles. The number of carbonyl (C=O) groups excluding carboxylic acids is 2. The number of rotatable bonds is 14.